The summed E-state index contributed by atoms with van der Waals surface area (Å²) in [5, 5.41) is 8.76. The van der Waals surface area contributed by atoms with Crippen molar-refractivity contribution in [3.63, 3.8) is 0 Å². The average molecular weight is 199 g/mol. The Balaban J connectivity index is 2.33. The fourth-order valence-electron chi connectivity index (χ4n) is 1.40. The summed E-state index contributed by atoms with van der Waals surface area (Å²) in [6, 6.07) is 13.7. The SMILES string of the molecule is O[B]c1ccc(-c2ccc(F)cc2)cc1. The first-order valence-electron chi connectivity index (χ1n) is 4.63. The van der Waals surface area contributed by atoms with Crippen molar-refractivity contribution in [1.29, 1.82) is 0 Å². The second-order valence-corrected chi connectivity index (χ2v) is 3.26. The lowest BCUT2D eigenvalue weighted by molar-refractivity contribution is 0.615. The van der Waals surface area contributed by atoms with Gasteiger partial charge in [0, 0.05) is 0 Å². The third-order valence-corrected chi connectivity index (χ3v) is 2.24. The van der Waals surface area contributed by atoms with Crippen LogP contribution >= 0.6 is 0 Å². The molecule has 0 atom stereocenters. The highest BCUT2D eigenvalue weighted by atomic mass is 19.1. The van der Waals surface area contributed by atoms with E-state index in [4.69, 9.17) is 5.02 Å². The van der Waals surface area contributed by atoms with Gasteiger partial charge >= 0.3 is 7.48 Å². The molecule has 0 amide bonds. The molecule has 0 aromatic heterocycles. The number of halogens is 1. The minimum Gasteiger partial charge on any atom is -0.450 e. The fraction of sp³-hybridized carbons (Fsp3) is 0. The van der Waals surface area contributed by atoms with Gasteiger partial charge in [-0.05, 0) is 23.3 Å². The van der Waals surface area contributed by atoms with Crippen molar-refractivity contribution < 1.29 is 9.41 Å². The van der Waals surface area contributed by atoms with Crippen LogP contribution in [0.3, 0.4) is 0 Å². The van der Waals surface area contributed by atoms with Gasteiger partial charge in [-0.1, -0.05) is 41.9 Å². The quantitative estimate of drug-likeness (QED) is 0.730. The standard InChI is InChI=1S/C12H9BFO/c14-12-7-3-10(4-8-12)9-1-5-11(13-15)6-2-9/h1-8,15H. The van der Waals surface area contributed by atoms with Crippen molar-refractivity contribution in [1.82, 2.24) is 0 Å². The molecule has 73 valence electrons. The third-order valence-electron chi connectivity index (χ3n) is 2.24. The number of benzene rings is 2. The van der Waals surface area contributed by atoms with Crippen LogP contribution < -0.4 is 5.46 Å². The minimum atomic E-state index is -0.237. The van der Waals surface area contributed by atoms with Crippen molar-refractivity contribution >= 4 is 12.9 Å². The molecule has 0 aliphatic carbocycles. The van der Waals surface area contributed by atoms with Crippen molar-refractivity contribution in [2.45, 2.75) is 0 Å². The lowest BCUT2D eigenvalue weighted by Crippen LogP contribution is -2.11. The van der Waals surface area contributed by atoms with Crippen LogP contribution in [0.2, 0.25) is 0 Å². The first-order valence-corrected chi connectivity index (χ1v) is 4.63. The summed E-state index contributed by atoms with van der Waals surface area (Å²) in [4.78, 5) is 0. The van der Waals surface area contributed by atoms with Gasteiger partial charge in [-0.3, -0.25) is 0 Å². The summed E-state index contributed by atoms with van der Waals surface area (Å²) in [6.07, 6.45) is 0. The highest BCUT2D eigenvalue weighted by molar-refractivity contribution is 6.45. The molecule has 15 heavy (non-hydrogen) atoms. The summed E-state index contributed by atoms with van der Waals surface area (Å²) >= 11 is 0. The van der Waals surface area contributed by atoms with E-state index in [1.807, 2.05) is 12.1 Å². The summed E-state index contributed by atoms with van der Waals surface area (Å²) in [5.74, 6) is -0.237. The predicted molar refractivity (Wildman–Crippen MR) is 59.4 cm³/mol. The Kier molecular flexibility index (Phi) is 2.83. The maximum atomic E-state index is 12.7. The molecule has 0 unspecified atom stereocenters. The molecule has 0 spiro atoms. The topological polar surface area (TPSA) is 20.2 Å². The zero-order valence-electron chi connectivity index (χ0n) is 8.02. The lowest BCUT2D eigenvalue weighted by Gasteiger charge is -2.02. The zero-order valence-corrected chi connectivity index (χ0v) is 8.02. The lowest BCUT2D eigenvalue weighted by atomic mass is 9.87. The van der Waals surface area contributed by atoms with E-state index in [-0.39, 0.29) is 5.82 Å². The van der Waals surface area contributed by atoms with Gasteiger partial charge in [0.25, 0.3) is 0 Å². The van der Waals surface area contributed by atoms with Crippen LogP contribution in [0.4, 0.5) is 4.39 Å². The Morgan fingerprint density at radius 2 is 1.27 bits per heavy atom. The molecule has 0 fully saturated rings. The molecule has 1 nitrogen and oxygen atoms in total. The molecular weight excluding hydrogens is 190 g/mol. The molecule has 1 radical (unpaired) electrons. The van der Waals surface area contributed by atoms with Crippen LogP contribution in [-0.4, -0.2) is 12.5 Å². The molecule has 2 aromatic rings. The Labute approximate surface area is 88.5 Å². The van der Waals surface area contributed by atoms with E-state index in [0.29, 0.717) is 0 Å². The minimum absolute atomic E-state index is 0.237. The first-order chi connectivity index (χ1) is 7.29. The molecular formula is C12H9BFO. The van der Waals surface area contributed by atoms with Crippen LogP contribution in [-0.2, 0) is 0 Å². The Bertz CT molecular complexity index is 436. The van der Waals surface area contributed by atoms with Gasteiger partial charge in [-0.2, -0.15) is 0 Å². The van der Waals surface area contributed by atoms with E-state index in [1.165, 1.54) is 12.1 Å². The van der Waals surface area contributed by atoms with Gasteiger partial charge in [0.1, 0.15) is 5.82 Å². The predicted octanol–water partition coefficient (Wildman–Crippen LogP) is 1.73. The van der Waals surface area contributed by atoms with Gasteiger partial charge < -0.3 is 5.02 Å². The molecule has 0 saturated carbocycles. The van der Waals surface area contributed by atoms with E-state index in [2.05, 4.69) is 0 Å². The van der Waals surface area contributed by atoms with Crippen LogP contribution in [0.25, 0.3) is 11.1 Å². The van der Waals surface area contributed by atoms with Gasteiger partial charge in [0.2, 0.25) is 0 Å². The normalized spacial score (nSPS) is 10.0. The summed E-state index contributed by atoms with van der Waals surface area (Å²) in [6.45, 7) is 0. The Morgan fingerprint density at radius 3 is 1.73 bits per heavy atom. The van der Waals surface area contributed by atoms with E-state index in [0.717, 1.165) is 24.1 Å². The van der Waals surface area contributed by atoms with E-state index < -0.39 is 0 Å². The van der Waals surface area contributed by atoms with E-state index in [9.17, 15) is 4.39 Å². The molecule has 2 aromatic carbocycles. The van der Waals surface area contributed by atoms with E-state index in [1.54, 1.807) is 24.3 Å². The van der Waals surface area contributed by atoms with Crippen LogP contribution in [0.1, 0.15) is 0 Å². The summed E-state index contributed by atoms with van der Waals surface area (Å²) in [5.41, 5.74) is 2.71. The Hall–Kier alpha value is -1.61. The molecule has 1 N–H and O–H groups in total. The Morgan fingerprint density at radius 1 is 0.800 bits per heavy atom. The largest absolute Gasteiger partial charge is 0.450 e. The van der Waals surface area contributed by atoms with Crippen LogP contribution in [0, 0.1) is 5.82 Å². The van der Waals surface area contributed by atoms with Gasteiger partial charge in [-0.15, -0.1) is 0 Å². The highest BCUT2D eigenvalue weighted by Gasteiger charge is 1.98. The van der Waals surface area contributed by atoms with Crippen molar-refractivity contribution in [2.75, 3.05) is 0 Å². The van der Waals surface area contributed by atoms with Crippen LogP contribution in [0.15, 0.2) is 48.5 Å². The second kappa shape index (κ2) is 4.28. The molecule has 0 bridgehead atoms. The van der Waals surface area contributed by atoms with Crippen molar-refractivity contribution in [2.24, 2.45) is 0 Å². The molecule has 2 rings (SSSR count). The molecule has 3 heteroatoms. The maximum Gasteiger partial charge on any atom is 0.326 e. The first kappa shape index (κ1) is 9.93. The van der Waals surface area contributed by atoms with Gasteiger partial charge in [0.05, 0.1) is 0 Å². The molecule has 0 saturated heterocycles. The summed E-state index contributed by atoms with van der Waals surface area (Å²) in [7, 11) is 1.05. The van der Waals surface area contributed by atoms with Gasteiger partial charge in [-0.25, -0.2) is 4.39 Å². The van der Waals surface area contributed by atoms with Crippen molar-refractivity contribution in [3.05, 3.63) is 54.3 Å². The van der Waals surface area contributed by atoms with Gasteiger partial charge in [0.15, 0.2) is 0 Å². The molecule has 0 aliphatic heterocycles. The average Bonchev–Trinajstić information content (AvgIpc) is 2.30. The van der Waals surface area contributed by atoms with Crippen LogP contribution in [0.5, 0.6) is 0 Å². The summed E-state index contributed by atoms with van der Waals surface area (Å²) < 4.78 is 12.7. The fourth-order valence-corrected chi connectivity index (χ4v) is 1.40. The maximum absolute atomic E-state index is 12.7. The number of hydrogen-bond donors (Lipinski definition) is 1. The highest BCUT2D eigenvalue weighted by Crippen LogP contribution is 2.18. The van der Waals surface area contributed by atoms with E-state index >= 15 is 0 Å². The zero-order chi connectivity index (χ0) is 10.7. The molecule has 0 aliphatic rings. The third kappa shape index (κ3) is 2.25. The number of hydrogen-bond acceptors (Lipinski definition) is 1. The monoisotopic (exact) mass is 199 g/mol. The van der Waals surface area contributed by atoms with Crippen molar-refractivity contribution in [3.8, 4) is 11.1 Å². The smallest absolute Gasteiger partial charge is 0.326 e. The second-order valence-electron chi connectivity index (χ2n) is 3.26. The number of rotatable bonds is 2. The molecule has 0 heterocycles.